The van der Waals surface area contributed by atoms with Crippen LogP contribution < -0.4 is 5.32 Å². The van der Waals surface area contributed by atoms with Crippen molar-refractivity contribution in [3.8, 4) is 0 Å². The first-order chi connectivity index (χ1) is 13.9. The van der Waals surface area contributed by atoms with Gasteiger partial charge in [0, 0.05) is 51.9 Å². The van der Waals surface area contributed by atoms with E-state index in [-0.39, 0.29) is 29.9 Å². The van der Waals surface area contributed by atoms with Crippen molar-refractivity contribution in [2.75, 3.05) is 72.2 Å². The van der Waals surface area contributed by atoms with Gasteiger partial charge in [-0.25, -0.2) is 0 Å². The monoisotopic (exact) mass is 550 g/mol. The predicted octanol–water partition coefficient (Wildman–Crippen LogP) is 3.22. The van der Waals surface area contributed by atoms with Crippen LogP contribution in [0.15, 0.2) is 4.99 Å². The van der Waals surface area contributed by atoms with Gasteiger partial charge in [-0.1, -0.05) is 6.92 Å². The maximum absolute atomic E-state index is 12.7. The van der Waals surface area contributed by atoms with Gasteiger partial charge >= 0.3 is 6.18 Å². The minimum absolute atomic E-state index is 0. The Labute approximate surface area is 195 Å². The zero-order valence-corrected chi connectivity index (χ0v) is 20.6. The van der Waals surface area contributed by atoms with Crippen molar-refractivity contribution in [2.24, 2.45) is 16.8 Å². The van der Waals surface area contributed by atoms with Crippen LogP contribution in [0.1, 0.15) is 33.1 Å². The van der Waals surface area contributed by atoms with Gasteiger partial charge in [-0.05, 0) is 38.6 Å². The summed E-state index contributed by atoms with van der Waals surface area (Å²) in [6, 6.07) is 0. The summed E-state index contributed by atoms with van der Waals surface area (Å²) in [6.45, 7) is 9.98. The Bertz CT molecular complexity index is 491. The highest BCUT2D eigenvalue weighted by molar-refractivity contribution is 14.0. The molecule has 2 heterocycles. The Morgan fingerprint density at radius 3 is 2.70 bits per heavy atom. The highest BCUT2D eigenvalue weighted by atomic mass is 127. The molecule has 2 atom stereocenters. The molecule has 178 valence electrons. The smallest absolute Gasteiger partial charge is 0.381 e. The number of rotatable bonds is 11. The third-order valence-corrected chi connectivity index (χ3v) is 5.37. The van der Waals surface area contributed by atoms with Crippen molar-refractivity contribution < 1.29 is 22.6 Å². The standard InChI is InChI=1S/C20H37F3N4O2.HI/c1-3-24-19(25-8-5-10-28-14-18-7-11-29-15-18)27-9-6-17(13-27)12-26(4-2)16-20(21,22)23;/h17-18H,3-16H2,1-2H3,(H,24,25);1H. The molecule has 0 aromatic carbocycles. The van der Waals surface area contributed by atoms with Crippen LogP contribution in [0.5, 0.6) is 0 Å². The molecule has 0 saturated carbocycles. The summed E-state index contributed by atoms with van der Waals surface area (Å²) in [6.07, 6.45) is -1.31. The maximum Gasteiger partial charge on any atom is 0.401 e. The molecule has 0 aliphatic carbocycles. The minimum atomic E-state index is -4.14. The number of hydrogen-bond donors (Lipinski definition) is 1. The van der Waals surface area contributed by atoms with E-state index in [2.05, 4.69) is 10.2 Å². The molecule has 0 radical (unpaired) electrons. The molecule has 2 unspecified atom stereocenters. The molecule has 2 saturated heterocycles. The zero-order chi connectivity index (χ0) is 21.1. The fraction of sp³-hybridized carbons (Fsp3) is 0.950. The fourth-order valence-electron chi connectivity index (χ4n) is 3.84. The third kappa shape index (κ3) is 10.8. The van der Waals surface area contributed by atoms with Crippen molar-refractivity contribution >= 4 is 29.9 Å². The van der Waals surface area contributed by atoms with Crippen LogP contribution in [0.25, 0.3) is 0 Å². The van der Waals surface area contributed by atoms with Gasteiger partial charge in [0.2, 0.25) is 0 Å². The SMILES string of the molecule is CCNC(=NCCCOCC1CCOC1)N1CCC(CN(CC)CC(F)(F)F)C1.I. The van der Waals surface area contributed by atoms with Crippen LogP contribution >= 0.6 is 24.0 Å². The van der Waals surface area contributed by atoms with Crippen LogP contribution in [0, 0.1) is 11.8 Å². The summed E-state index contributed by atoms with van der Waals surface area (Å²) >= 11 is 0. The topological polar surface area (TPSA) is 49.3 Å². The number of alkyl halides is 3. The molecule has 0 bridgehead atoms. The molecule has 0 aromatic heterocycles. The summed E-state index contributed by atoms with van der Waals surface area (Å²) in [5.41, 5.74) is 0. The van der Waals surface area contributed by atoms with Gasteiger partial charge in [0.05, 0.1) is 19.8 Å². The summed E-state index contributed by atoms with van der Waals surface area (Å²) in [5, 5.41) is 3.31. The second-order valence-corrected chi connectivity index (χ2v) is 7.94. The van der Waals surface area contributed by atoms with Gasteiger partial charge in [0.25, 0.3) is 0 Å². The lowest BCUT2D eigenvalue weighted by Crippen LogP contribution is -2.42. The highest BCUT2D eigenvalue weighted by Crippen LogP contribution is 2.21. The number of likely N-dealkylation sites (tertiary alicyclic amines) is 1. The normalized spacial score (nSPS) is 22.6. The van der Waals surface area contributed by atoms with Crippen LogP contribution in [-0.4, -0.2) is 94.2 Å². The largest absolute Gasteiger partial charge is 0.401 e. The molecule has 2 fully saturated rings. The second kappa shape index (κ2) is 14.7. The molecule has 0 amide bonds. The van der Waals surface area contributed by atoms with E-state index in [1.807, 2.05) is 6.92 Å². The van der Waals surface area contributed by atoms with Gasteiger partial charge in [-0.3, -0.25) is 9.89 Å². The van der Waals surface area contributed by atoms with Crippen LogP contribution in [0.2, 0.25) is 0 Å². The van der Waals surface area contributed by atoms with E-state index in [4.69, 9.17) is 14.5 Å². The Morgan fingerprint density at radius 2 is 2.07 bits per heavy atom. The third-order valence-electron chi connectivity index (χ3n) is 5.37. The zero-order valence-electron chi connectivity index (χ0n) is 18.3. The molecule has 6 nitrogen and oxygen atoms in total. The minimum Gasteiger partial charge on any atom is -0.381 e. The first kappa shape index (κ1) is 27.7. The van der Waals surface area contributed by atoms with E-state index in [1.165, 1.54) is 4.90 Å². The van der Waals surface area contributed by atoms with E-state index < -0.39 is 12.7 Å². The lowest BCUT2D eigenvalue weighted by Gasteiger charge is -2.26. The number of halogens is 4. The van der Waals surface area contributed by atoms with Gasteiger partial charge in [-0.15, -0.1) is 24.0 Å². The number of hydrogen-bond acceptors (Lipinski definition) is 4. The fourth-order valence-corrected chi connectivity index (χ4v) is 3.84. The average Bonchev–Trinajstić information content (AvgIpc) is 3.34. The Balaban J connectivity index is 0.00000450. The first-order valence-electron chi connectivity index (χ1n) is 10.9. The molecular weight excluding hydrogens is 512 g/mol. The lowest BCUT2D eigenvalue weighted by atomic mass is 10.1. The average molecular weight is 550 g/mol. The van der Waals surface area contributed by atoms with Gasteiger partial charge in [0.15, 0.2) is 5.96 Å². The molecule has 2 aliphatic rings. The van der Waals surface area contributed by atoms with Gasteiger partial charge < -0.3 is 19.7 Å². The molecule has 2 aliphatic heterocycles. The van der Waals surface area contributed by atoms with Crippen LogP contribution in [-0.2, 0) is 9.47 Å². The van der Waals surface area contributed by atoms with Gasteiger partial charge in [-0.2, -0.15) is 13.2 Å². The van der Waals surface area contributed by atoms with Crippen molar-refractivity contribution in [2.45, 2.75) is 39.3 Å². The molecule has 0 spiro atoms. The number of nitrogens with zero attached hydrogens (tertiary/aromatic N) is 3. The van der Waals surface area contributed by atoms with E-state index in [0.717, 1.165) is 64.7 Å². The van der Waals surface area contributed by atoms with Crippen molar-refractivity contribution in [3.63, 3.8) is 0 Å². The number of guanidine groups is 1. The van der Waals surface area contributed by atoms with Crippen LogP contribution in [0.3, 0.4) is 0 Å². The maximum atomic E-state index is 12.7. The number of nitrogens with one attached hydrogen (secondary N) is 1. The second-order valence-electron chi connectivity index (χ2n) is 7.94. The van der Waals surface area contributed by atoms with E-state index in [1.54, 1.807) is 6.92 Å². The van der Waals surface area contributed by atoms with Crippen molar-refractivity contribution in [1.82, 2.24) is 15.1 Å². The van der Waals surface area contributed by atoms with Crippen molar-refractivity contribution in [1.29, 1.82) is 0 Å². The van der Waals surface area contributed by atoms with E-state index in [0.29, 0.717) is 32.2 Å². The molecule has 2 rings (SSSR count). The molecule has 10 heteroatoms. The molecule has 1 N–H and O–H groups in total. The van der Waals surface area contributed by atoms with Gasteiger partial charge in [0.1, 0.15) is 0 Å². The summed E-state index contributed by atoms with van der Waals surface area (Å²) in [4.78, 5) is 8.36. The van der Waals surface area contributed by atoms with Crippen LogP contribution in [0.4, 0.5) is 13.2 Å². The molecular formula is C20H38F3IN4O2. The Morgan fingerprint density at radius 1 is 1.27 bits per heavy atom. The first-order valence-corrected chi connectivity index (χ1v) is 10.9. The summed E-state index contributed by atoms with van der Waals surface area (Å²) < 4.78 is 49.1. The number of aliphatic imine (C=N–C) groups is 1. The Kier molecular flexibility index (Phi) is 13.6. The lowest BCUT2D eigenvalue weighted by molar-refractivity contribution is -0.146. The molecule has 30 heavy (non-hydrogen) atoms. The number of ether oxygens (including phenoxy) is 2. The van der Waals surface area contributed by atoms with Crippen molar-refractivity contribution in [3.05, 3.63) is 0 Å². The highest BCUT2D eigenvalue weighted by Gasteiger charge is 2.33. The predicted molar refractivity (Wildman–Crippen MR) is 124 cm³/mol. The summed E-state index contributed by atoms with van der Waals surface area (Å²) in [5.74, 6) is 1.62. The van der Waals surface area contributed by atoms with E-state index in [9.17, 15) is 13.2 Å². The summed E-state index contributed by atoms with van der Waals surface area (Å²) in [7, 11) is 0. The Hall–Kier alpha value is -0.330. The van der Waals surface area contributed by atoms with E-state index >= 15 is 0 Å². The quantitative estimate of drug-likeness (QED) is 0.185. The molecule has 0 aromatic rings.